The van der Waals surface area contributed by atoms with E-state index < -0.39 is 23.1 Å². The van der Waals surface area contributed by atoms with E-state index in [4.69, 9.17) is 0 Å². The number of benzene rings is 1. The lowest BCUT2D eigenvalue weighted by molar-refractivity contribution is 0.101. The number of aromatic nitrogens is 2. The highest BCUT2D eigenvalue weighted by Crippen LogP contribution is 2.15. The molecule has 1 heterocycles. The van der Waals surface area contributed by atoms with E-state index in [0.717, 1.165) is 12.1 Å². The zero-order valence-corrected chi connectivity index (χ0v) is 10.5. The van der Waals surface area contributed by atoms with Gasteiger partial charge < -0.3 is 5.32 Å². The van der Waals surface area contributed by atoms with Crippen molar-refractivity contribution in [1.82, 2.24) is 9.78 Å². The van der Waals surface area contributed by atoms with Crippen LogP contribution in [-0.2, 0) is 0 Å². The van der Waals surface area contributed by atoms with Crippen molar-refractivity contribution >= 4 is 11.6 Å². The molecular weight excluding hydrogens is 252 g/mol. The monoisotopic (exact) mass is 265 g/mol. The van der Waals surface area contributed by atoms with Gasteiger partial charge in [0.25, 0.3) is 5.91 Å². The molecule has 0 atom stereocenters. The number of carbonyl (C=O) groups excluding carboxylic acids is 1. The van der Waals surface area contributed by atoms with Gasteiger partial charge in [-0.05, 0) is 26.0 Å². The fourth-order valence-electron chi connectivity index (χ4n) is 1.59. The summed E-state index contributed by atoms with van der Waals surface area (Å²) in [6.45, 7) is 3.85. The maximum atomic E-state index is 13.4. The second kappa shape index (κ2) is 5.17. The number of halogens is 2. The molecule has 19 heavy (non-hydrogen) atoms. The van der Waals surface area contributed by atoms with Crippen LogP contribution in [0.25, 0.3) is 0 Å². The molecule has 1 amide bonds. The van der Waals surface area contributed by atoms with Crippen LogP contribution in [0.4, 0.5) is 14.5 Å². The van der Waals surface area contributed by atoms with Crippen LogP contribution in [0.3, 0.4) is 0 Å². The van der Waals surface area contributed by atoms with Gasteiger partial charge in [-0.15, -0.1) is 0 Å². The number of nitrogens with zero attached hydrogens (tertiary/aromatic N) is 2. The molecule has 2 aromatic rings. The minimum Gasteiger partial charge on any atom is -0.319 e. The second-order valence-corrected chi connectivity index (χ2v) is 4.35. The van der Waals surface area contributed by atoms with Crippen molar-refractivity contribution < 1.29 is 13.6 Å². The maximum Gasteiger partial charge on any atom is 0.261 e. The molecule has 6 heteroatoms. The van der Waals surface area contributed by atoms with Crippen LogP contribution in [0, 0.1) is 11.6 Å². The summed E-state index contributed by atoms with van der Waals surface area (Å²) < 4.78 is 28.5. The molecule has 0 aliphatic rings. The fourth-order valence-corrected chi connectivity index (χ4v) is 1.59. The van der Waals surface area contributed by atoms with Gasteiger partial charge in [0, 0.05) is 12.2 Å². The Hall–Kier alpha value is -2.24. The Morgan fingerprint density at radius 2 is 1.95 bits per heavy atom. The van der Waals surface area contributed by atoms with Crippen LogP contribution in [0.1, 0.15) is 30.2 Å². The molecule has 0 bridgehead atoms. The highest BCUT2D eigenvalue weighted by Gasteiger charge is 2.17. The average Bonchev–Trinajstić information content (AvgIpc) is 2.77. The predicted molar refractivity (Wildman–Crippen MR) is 66.9 cm³/mol. The van der Waals surface area contributed by atoms with Gasteiger partial charge in [-0.25, -0.2) is 8.78 Å². The van der Waals surface area contributed by atoms with Crippen molar-refractivity contribution in [3.8, 4) is 0 Å². The van der Waals surface area contributed by atoms with Crippen molar-refractivity contribution in [2.75, 3.05) is 5.32 Å². The minimum absolute atomic E-state index is 0.135. The number of anilines is 1. The van der Waals surface area contributed by atoms with Gasteiger partial charge in [0.1, 0.15) is 17.2 Å². The lowest BCUT2D eigenvalue weighted by Gasteiger charge is -2.05. The van der Waals surface area contributed by atoms with Crippen LogP contribution in [0.2, 0.25) is 0 Å². The Morgan fingerprint density at radius 3 is 2.47 bits per heavy atom. The predicted octanol–water partition coefficient (Wildman–Crippen LogP) is 2.99. The Balaban J connectivity index is 2.21. The normalized spacial score (nSPS) is 10.8. The van der Waals surface area contributed by atoms with Crippen molar-refractivity contribution in [1.29, 1.82) is 0 Å². The van der Waals surface area contributed by atoms with E-state index in [0.29, 0.717) is 5.69 Å². The number of carbonyl (C=O) groups is 1. The zero-order valence-electron chi connectivity index (χ0n) is 10.5. The Labute approximate surface area is 109 Å². The van der Waals surface area contributed by atoms with Crippen LogP contribution in [-0.4, -0.2) is 15.7 Å². The summed E-state index contributed by atoms with van der Waals surface area (Å²) in [5, 5.41) is 6.43. The van der Waals surface area contributed by atoms with Gasteiger partial charge in [-0.3, -0.25) is 9.48 Å². The van der Waals surface area contributed by atoms with Crippen molar-refractivity contribution in [3.05, 3.63) is 47.8 Å². The molecule has 1 aromatic carbocycles. The molecule has 0 unspecified atom stereocenters. The molecule has 0 saturated carbocycles. The highest BCUT2D eigenvalue weighted by atomic mass is 19.1. The van der Waals surface area contributed by atoms with E-state index in [1.165, 1.54) is 12.3 Å². The van der Waals surface area contributed by atoms with Crippen LogP contribution in [0.15, 0.2) is 30.6 Å². The molecule has 4 nitrogen and oxygen atoms in total. The van der Waals surface area contributed by atoms with E-state index in [9.17, 15) is 13.6 Å². The van der Waals surface area contributed by atoms with Gasteiger partial charge in [0.05, 0.1) is 11.9 Å². The van der Waals surface area contributed by atoms with Crippen LogP contribution < -0.4 is 5.32 Å². The van der Waals surface area contributed by atoms with E-state index in [-0.39, 0.29) is 6.04 Å². The SMILES string of the molecule is CC(C)n1cc(NC(=O)c2c(F)cccc2F)cn1. The highest BCUT2D eigenvalue weighted by molar-refractivity contribution is 6.04. The molecule has 0 fully saturated rings. The number of hydrogen-bond acceptors (Lipinski definition) is 2. The summed E-state index contributed by atoms with van der Waals surface area (Å²) in [5.41, 5.74) is -0.207. The van der Waals surface area contributed by atoms with Crippen molar-refractivity contribution in [2.24, 2.45) is 0 Å². The van der Waals surface area contributed by atoms with Crippen molar-refractivity contribution in [3.63, 3.8) is 0 Å². The first-order chi connectivity index (χ1) is 8.99. The molecule has 2 rings (SSSR count). The van der Waals surface area contributed by atoms with Gasteiger partial charge in [0.2, 0.25) is 0 Å². The summed E-state index contributed by atoms with van der Waals surface area (Å²) in [4.78, 5) is 11.8. The topological polar surface area (TPSA) is 46.9 Å². The molecular formula is C13H13F2N3O. The van der Waals surface area contributed by atoms with Gasteiger partial charge in [-0.1, -0.05) is 6.07 Å². The largest absolute Gasteiger partial charge is 0.319 e. The molecule has 0 aliphatic heterocycles. The van der Waals surface area contributed by atoms with E-state index >= 15 is 0 Å². The van der Waals surface area contributed by atoms with Gasteiger partial charge >= 0.3 is 0 Å². The Bertz CT molecular complexity index is 587. The first-order valence-electron chi connectivity index (χ1n) is 5.78. The number of rotatable bonds is 3. The number of hydrogen-bond donors (Lipinski definition) is 1. The Morgan fingerprint density at radius 1 is 1.32 bits per heavy atom. The van der Waals surface area contributed by atoms with E-state index in [1.807, 2.05) is 13.8 Å². The lowest BCUT2D eigenvalue weighted by Crippen LogP contribution is -2.15. The van der Waals surface area contributed by atoms with Gasteiger partial charge in [-0.2, -0.15) is 5.10 Å². The van der Waals surface area contributed by atoms with E-state index in [2.05, 4.69) is 10.4 Å². The molecule has 1 aromatic heterocycles. The summed E-state index contributed by atoms with van der Waals surface area (Å²) >= 11 is 0. The number of amides is 1. The minimum atomic E-state index is -0.895. The van der Waals surface area contributed by atoms with E-state index in [1.54, 1.807) is 10.9 Å². The van der Waals surface area contributed by atoms with Crippen LogP contribution >= 0.6 is 0 Å². The number of nitrogens with one attached hydrogen (secondary N) is 1. The first-order valence-corrected chi connectivity index (χ1v) is 5.78. The first kappa shape index (κ1) is 13.2. The molecule has 1 N–H and O–H groups in total. The van der Waals surface area contributed by atoms with Crippen molar-refractivity contribution in [2.45, 2.75) is 19.9 Å². The maximum absolute atomic E-state index is 13.4. The van der Waals surface area contributed by atoms with Gasteiger partial charge in [0.15, 0.2) is 0 Å². The third-order valence-electron chi connectivity index (χ3n) is 2.58. The third-order valence-corrected chi connectivity index (χ3v) is 2.58. The standard InChI is InChI=1S/C13H13F2N3O/c1-8(2)18-7-9(6-16-18)17-13(19)12-10(14)4-3-5-11(12)15/h3-8H,1-2H3,(H,17,19). The zero-order chi connectivity index (χ0) is 14.0. The smallest absolute Gasteiger partial charge is 0.261 e. The molecule has 100 valence electrons. The lowest BCUT2D eigenvalue weighted by atomic mass is 10.2. The summed E-state index contributed by atoms with van der Waals surface area (Å²) in [6.07, 6.45) is 3.03. The Kier molecular flexibility index (Phi) is 3.59. The summed E-state index contributed by atoms with van der Waals surface area (Å²) in [7, 11) is 0. The molecule has 0 spiro atoms. The molecule has 0 aliphatic carbocycles. The summed E-state index contributed by atoms with van der Waals surface area (Å²) in [5.74, 6) is -2.62. The summed E-state index contributed by atoms with van der Waals surface area (Å²) in [6, 6.07) is 3.42. The fraction of sp³-hybridized carbons (Fsp3) is 0.231. The quantitative estimate of drug-likeness (QED) is 0.927. The molecule has 0 saturated heterocycles. The molecule has 0 radical (unpaired) electrons. The second-order valence-electron chi connectivity index (χ2n) is 4.35. The third kappa shape index (κ3) is 2.78. The average molecular weight is 265 g/mol. The van der Waals surface area contributed by atoms with Crippen LogP contribution in [0.5, 0.6) is 0 Å².